The molecule has 0 amide bonds. The van der Waals surface area contributed by atoms with Crippen LogP contribution < -0.4 is 0 Å². The molecule has 2 nitrogen and oxygen atoms in total. The summed E-state index contributed by atoms with van der Waals surface area (Å²) in [6.45, 7) is 6.26. The van der Waals surface area contributed by atoms with Gasteiger partial charge in [-0.1, -0.05) is 57.2 Å². The van der Waals surface area contributed by atoms with E-state index in [1.54, 1.807) is 30.3 Å². The molecule has 0 radical (unpaired) electrons. The molecule has 96 valence electrons. The second-order valence-electron chi connectivity index (χ2n) is 5.10. The lowest BCUT2D eigenvalue weighted by Crippen LogP contribution is -2.10. The summed E-state index contributed by atoms with van der Waals surface area (Å²) in [7, 11) is 0. The Hall–Kier alpha value is -1.96. The smallest absolute Gasteiger partial charge is 0.119 e. The van der Waals surface area contributed by atoms with Gasteiger partial charge in [0, 0.05) is 0 Å². The molecule has 2 N–H and O–H groups in total. The molecule has 0 bridgehead atoms. The Labute approximate surface area is 109 Å². The minimum Gasteiger partial charge on any atom is -0.508 e. The van der Waals surface area contributed by atoms with E-state index >= 15 is 0 Å². The fourth-order valence-electron chi connectivity index (χ4n) is 1.54. The zero-order chi connectivity index (χ0) is 13.6. The first kappa shape index (κ1) is 14.1. The van der Waals surface area contributed by atoms with Crippen molar-refractivity contribution >= 4 is 0 Å². The fraction of sp³-hybridized carbons (Fsp3) is 0.250. The van der Waals surface area contributed by atoms with Crippen LogP contribution in [0.4, 0.5) is 0 Å². The molecule has 0 atom stereocenters. The fourth-order valence-corrected chi connectivity index (χ4v) is 1.54. The molecule has 0 aliphatic rings. The molecular formula is C16H20O2. The third kappa shape index (κ3) is 4.50. The summed E-state index contributed by atoms with van der Waals surface area (Å²) in [5.74, 6) is 0.711. The van der Waals surface area contributed by atoms with E-state index in [-0.39, 0.29) is 5.41 Å². The van der Waals surface area contributed by atoms with E-state index in [0.29, 0.717) is 11.5 Å². The van der Waals surface area contributed by atoms with Crippen LogP contribution >= 0.6 is 0 Å². The standard InChI is InChI=1S/C10H14O.C6H6O/c1-10(2,3)8-6-4-5-7-9(8)11;7-6-4-2-1-3-5-6/h4-7,11H,1-3H3;1-5,7H. The van der Waals surface area contributed by atoms with Crippen LogP contribution in [0.2, 0.25) is 0 Å². The highest BCUT2D eigenvalue weighted by atomic mass is 16.3. The van der Waals surface area contributed by atoms with Crippen molar-refractivity contribution in [1.82, 2.24) is 0 Å². The number of hydrogen-bond acceptors (Lipinski definition) is 2. The van der Waals surface area contributed by atoms with Crippen LogP contribution in [0.5, 0.6) is 11.5 Å². The number of phenolic OH excluding ortho intramolecular Hbond substituents is 2. The second-order valence-corrected chi connectivity index (χ2v) is 5.10. The van der Waals surface area contributed by atoms with Gasteiger partial charge in [0.25, 0.3) is 0 Å². The van der Waals surface area contributed by atoms with Crippen molar-refractivity contribution in [3.63, 3.8) is 0 Å². The van der Waals surface area contributed by atoms with Crippen molar-refractivity contribution in [2.24, 2.45) is 0 Å². The monoisotopic (exact) mass is 244 g/mol. The Morgan fingerprint density at radius 2 is 1.22 bits per heavy atom. The van der Waals surface area contributed by atoms with E-state index < -0.39 is 0 Å². The molecule has 2 aromatic rings. The van der Waals surface area contributed by atoms with Crippen LogP contribution in [0.1, 0.15) is 26.3 Å². The van der Waals surface area contributed by atoms with Gasteiger partial charge in [0.2, 0.25) is 0 Å². The van der Waals surface area contributed by atoms with Crippen LogP contribution in [0.3, 0.4) is 0 Å². The van der Waals surface area contributed by atoms with E-state index in [1.807, 2.05) is 24.3 Å². The zero-order valence-electron chi connectivity index (χ0n) is 11.1. The third-order valence-corrected chi connectivity index (χ3v) is 2.47. The Balaban J connectivity index is 0.000000199. The van der Waals surface area contributed by atoms with Gasteiger partial charge < -0.3 is 10.2 Å². The Morgan fingerprint density at radius 3 is 1.56 bits per heavy atom. The van der Waals surface area contributed by atoms with E-state index in [9.17, 15) is 5.11 Å². The van der Waals surface area contributed by atoms with Crippen molar-refractivity contribution in [2.45, 2.75) is 26.2 Å². The first-order valence-corrected chi connectivity index (χ1v) is 5.94. The molecule has 2 aromatic carbocycles. The molecule has 2 rings (SSSR count). The van der Waals surface area contributed by atoms with Crippen LogP contribution in [0, 0.1) is 0 Å². The van der Waals surface area contributed by atoms with Gasteiger partial charge in [-0.05, 0) is 29.2 Å². The molecule has 0 aromatic heterocycles. The highest BCUT2D eigenvalue weighted by Crippen LogP contribution is 2.29. The minimum atomic E-state index is 0.0331. The molecule has 0 spiro atoms. The molecule has 0 saturated heterocycles. The van der Waals surface area contributed by atoms with Crippen molar-refractivity contribution in [1.29, 1.82) is 0 Å². The van der Waals surface area contributed by atoms with E-state index in [0.717, 1.165) is 5.56 Å². The van der Waals surface area contributed by atoms with Crippen molar-refractivity contribution < 1.29 is 10.2 Å². The summed E-state index contributed by atoms with van der Waals surface area (Å²) in [5.41, 5.74) is 1.03. The van der Waals surface area contributed by atoms with Crippen LogP contribution in [0.25, 0.3) is 0 Å². The lowest BCUT2D eigenvalue weighted by atomic mass is 9.86. The largest absolute Gasteiger partial charge is 0.508 e. The van der Waals surface area contributed by atoms with Gasteiger partial charge in [-0.2, -0.15) is 0 Å². The van der Waals surface area contributed by atoms with Crippen molar-refractivity contribution in [2.75, 3.05) is 0 Å². The summed E-state index contributed by atoms with van der Waals surface area (Å²) in [6, 6.07) is 16.2. The first-order valence-electron chi connectivity index (χ1n) is 5.94. The topological polar surface area (TPSA) is 40.5 Å². The summed E-state index contributed by atoms with van der Waals surface area (Å²) in [6.07, 6.45) is 0. The van der Waals surface area contributed by atoms with Gasteiger partial charge >= 0.3 is 0 Å². The SMILES string of the molecule is CC(C)(C)c1ccccc1O.Oc1ccccc1. The number of rotatable bonds is 0. The lowest BCUT2D eigenvalue weighted by molar-refractivity contribution is 0.447. The molecule has 18 heavy (non-hydrogen) atoms. The van der Waals surface area contributed by atoms with Crippen LogP contribution in [-0.4, -0.2) is 10.2 Å². The molecular weight excluding hydrogens is 224 g/mol. The predicted octanol–water partition coefficient (Wildman–Crippen LogP) is 4.08. The molecule has 0 aliphatic carbocycles. The number of benzene rings is 2. The maximum atomic E-state index is 9.45. The zero-order valence-corrected chi connectivity index (χ0v) is 11.1. The van der Waals surface area contributed by atoms with Crippen LogP contribution in [-0.2, 0) is 5.41 Å². The second kappa shape index (κ2) is 6.10. The maximum Gasteiger partial charge on any atom is 0.119 e. The summed E-state index contributed by atoms with van der Waals surface area (Å²) in [5, 5.41) is 18.1. The van der Waals surface area contributed by atoms with Gasteiger partial charge in [-0.15, -0.1) is 0 Å². The summed E-state index contributed by atoms with van der Waals surface area (Å²) in [4.78, 5) is 0. The predicted molar refractivity (Wildman–Crippen MR) is 74.9 cm³/mol. The Bertz CT molecular complexity index is 470. The first-order chi connectivity index (χ1) is 8.41. The van der Waals surface area contributed by atoms with Gasteiger partial charge in [-0.3, -0.25) is 0 Å². The third-order valence-electron chi connectivity index (χ3n) is 2.47. The van der Waals surface area contributed by atoms with Gasteiger partial charge in [-0.25, -0.2) is 0 Å². The van der Waals surface area contributed by atoms with E-state index in [2.05, 4.69) is 20.8 Å². The highest BCUT2D eigenvalue weighted by Gasteiger charge is 2.16. The maximum absolute atomic E-state index is 9.45. The van der Waals surface area contributed by atoms with Gasteiger partial charge in [0.1, 0.15) is 11.5 Å². The molecule has 0 aliphatic heterocycles. The quantitative estimate of drug-likeness (QED) is 0.733. The molecule has 0 unspecified atom stereocenters. The molecule has 0 heterocycles. The van der Waals surface area contributed by atoms with Crippen molar-refractivity contribution in [3.05, 3.63) is 60.2 Å². The number of para-hydroxylation sites is 2. The minimum absolute atomic E-state index is 0.0331. The normalized spacial score (nSPS) is 10.4. The average molecular weight is 244 g/mol. The van der Waals surface area contributed by atoms with Crippen molar-refractivity contribution in [3.8, 4) is 11.5 Å². The summed E-state index contributed by atoms with van der Waals surface area (Å²) < 4.78 is 0. The van der Waals surface area contributed by atoms with Gasteiger partial charge in [0.05, 0.1) is 0 Å². The lowest BCUT2D eigenvalue weighted by Gasteiger charge is -2.19. The number of hydrogen-bond donors (Lipinski definition) is 2. The molecule has 0 fully saturated rings. The Kier molecular flexibility index (Phi) is 4.78. The average Bonchev–Trinajstić information content (AvgIpc) is 2.30. The van der Waals surface area contributed by atoms with E-state index in [1.165, 1.54) is 0 Å². The number of aromatic hydroxyl groups is 2. The van der Waals surface area contributed by atoms with Gasteiger partial charge in [0.15, 0.2) is 0 Å². The van der Waals surface area contributed by atoms with Crippen LogP contribution in [0.15, 0.2) is 54.6 Å². The highest BCUT2D eigenvalue weighted by molar-refractivity contribution is 5.36. The van der Waals surface area contributed by atoms with E-state index in [4.69, 9.17) is 5.11 Å². The molecule has 2 heteroatoms. The summed E-state index contributed by atoms with van der Waals surface area (Å²) >= 11 is 0. The number of phenols is 2. The Morgan fingerprint density at radius 1 is 0.722 bits per heavy atom. The molecule has 0 saturated carbocycles.